The number of rotatable bonds is 7. The summed E-state index contributed by atoms with van der Waals surface area (Å²) in [4.78, 5) is 19.7. The highest BCUT2D eigenvalue weighted by Gasteiger charge is 2.34. The van der Waals surface area contributed by atoms with E-state index in [-0.39, 0.29) is 5.92 Å². The number of nitrogens with zero attached hydrogens (tertiary/aromatic N) is 4. The van der Waals surface area contributed by atoms with Crippen LogP contribution >= 0.6 is 0 Å². The lowest BCUT2D eigenvalue weighted by Crippen LogP contribution is -2.09. The van der Waals surface area contributed by atoms with E-state index in [1.807, 2.05) is 44.3 Å². The molecule has 2 aromatic heterocycles. The van der Waals surface area contributed by atoms with Crippen LogP contribution in [0.15, 0.2) is 146 Å². The molecule has 0 aliphatic heterocycles. The third-order valence-electron chi connectivity index (χ3n) is 9.48. The largest absolute Gasteiger partial charge is 0.256 e. The maximum Gasteiger partial charge on any atom is 0.164 e. The van der Waals surface area contributed by atoms with Crippen molar-refractivity contribution in [1.29, 1.82) is 0 Å². The van der Waals surface area contributed by atoms with Gasteiger partial charge in [-0.25, -0.2) is 15.0 Å². The Balaban J connectivity index is 0.00000193. The van der Waals surface area contributed by atoms with Crippen LogP contribution in [0.25, 0.3) is 56.0 Å². The van der Waals surface area contributed by atoms with E-state index in [0.29, 0.717) is 17.6 Å². The Bertz CT molecular complexity index is 2250. The van der Waals surface area contributed by atoms with Gasteiger partial charge in [0.2, 0.25) is 0 Å². The third-order valence-corrected chi connectivity index (χ3v) is 9.48. The fourth-order valence-corrected chi connectivity index (χ4v) is 7.05. The summed E-state index contributed by atoms with van der Waals surface area (Å²) in [6.45, 7) is 8.21. The first-order valence-corrected chi connectivity index (χ1v) is 17.8. The van der Waals surface area contributed by atoms with Crippen LogP contribution in [0.1, 0.15) is 62.5 Å². The second kappa shape index (κ2) is 14.8. The zero-order valence-corrected chi connectivity index (χ0v) is 29.2. The van der Waals surface area contributed by atoms with Gasteiger partial charge in [0.15, 0.2) is 17.5 Å². The van der Waals surface area contributed by atoms with Gasteiger partial charge in [-0.2, -0.15) is 0 Å². The molecule has 2 unspecified atom stereocenters. The molecule has 0 fully saturated rings. The Kier molecular flexibility index (Phi) is 9.70. The molecule has 0 spiro atoms. The summed E-state index contributed by atoms with van der Waals surface area (Å²) in [5.74, 6) is 2.76. The van der Waals surface area contributed by atoms with Gasteiger partial charge in [-0.1, -0.05) is 148 Å². The lowest BCUT2D eigenvalue weighted by Gasteiger charge is -2.22. The van der Waals surface area contributed by atoms with Crippen molar-refractivity contribution >= 4 is 22.0 Å². The maximum atomic E-state index is 5.09. The van der Waals surface area contributed by atoms with E-state index in [1.54, 1.807) is 0 Å². The van der Waals surface area contributed by atoms with E-state index in [1.165, 1.54) is 38.8 Å². The number of hydrogen-bond donors (Lipinski definition) is 0. The van der Waals surface area contributed by atoms with Crippen molar-refractivity contribution in [2.75, 3.05) is 0 Å². The van der Waals surface area contributed by atoms with Crippen molar-refractivity contribution in [3.63, 3.8) is 0 Å². The number of aromatic nitrogens is 4. The Morgan fingerprint density at radius 1 is 0.740 bits per heavy atom. The molecule has 6 aromatic rings. The molecule has 0 radical (unpaired) electrons. The van der Waals surface area contributed by atoms with Gasteiger partial charge in [0, 0.05) is 28.6 Å². The quantitative estimate of drug-likeness (QED) is 0.161. The van der Waals surface area contributed by atoms with Crippen LogP contribution in [0.2, 0.25) is 0 Å². The smallest absolute Gasteiger partial charge is 0.164 e. The molecule has 4 heteroatoms. The summed E-state index contributed by atoms with van der Waals surface area (Å²) in [5, 5.41) is 1.17. The minimum Gasteiger partial charge on any atom is -0.256 e. The monoisotopic (exact) mass is 650 g/mol. The average Bonchev–Trinajstić information content (AvgIpc) is 3.57. The zero-order valence-electron chi connectivity index (χ0n) is 29.2. The van der Waals surface area contributed by atoms with E-state index in [2.05, 4.69) is 134 Å². The van der Waals surface area contributed by atoms with Gasteiger partial charge >= 0.3 is 0 Å². The lowest BCUT2D eigenvalue weighted by atomic mass is 9.82. The second-order valence-corrected chi connectivity index (χ2v) is 12.6. The Morgan fingerprint density at radius 2 is 1.50 bits per heavy atom. The fourth-order valence-electron chi connectivity index (χ4n) is 7.05. The van der Waals surface area contributed by atoms with Crippen LogP contribution in [-0.4, -0.2) is 19.9 Å². The van der Waals surface area contributed by atoms with E-state index in [0.717, 1.165) is 40.9 Å². The molecule has 8 rings (SSSR count). The summed E-state index contributed by atoms with van der Waals surface area (Å²) in [7, 11) is 0. The van der Waals surface area contributed by atoms with Gasteiger partial charge in [0.25, 0.3) is 0 Å². The molecule has 0 saturated carbocycles. The Labute approximate surface area is 295 Å². The van der Waals surface area contributed by atoms with Crippen molar-refractivity contribution < 1.29 is 0 Å². The highest BCUT2D eigenvalue weighted by atomic mass is 15.0. The summed E-state index contributed by atoms with van der Waals surface area (Å²) in [5.41, 5.74) is 11.6. The normalized spacial score (nSPS) is 16.5. The molecule has 0 saturated heterocycles. The number of pyridine rings is 1. The van der Waals surface area contributed by atoms with Crippen LogP contribution < -0.4 is 0 Å². The molecule has 0 amide bonds. The molecule has 4 nitrogen and oxygen atoms in total. The molecule has 0 bridgehead atoms. The van der Waals surface area contributed by atoms with E-state index >= 15 is 0 Å². The van der Waals surface area contributed by atoms with Gasteiger partial charge in [0.05, 0.1) is 5.52 Å². The van der Waals surface area contributed by atoms with Gasteiger partial charge in [-0.3, -0.25) is 4.98 Å². The molecule has 2 heterocycles. The van der Waals surface area contributed by atoms with E-state index < -0.39 is 0 Å². The average molecular weight is 651 g/mol. The van der Waals surface area contributed by atoms with Gasteiger partial charge in [-0.15, -0.1) is 0 Å². The molecule has 246 valence electrons. The fraction of sp³-hybridized carbons (Fsp3) is 0.174. The highest BCUT2D eigenvalue weighted by molar-refractivity contribution is 5.94. The predicted molar refractivity (Wildman–Crippen MR) is 209 cm³/mol. The van der Waals surface area contributed by atoms with Crippen LogP contribution in [-0.2, 0) is 6.42 Å². The van der Waals surface area contributed by atoms with Crippen molar-refractivity contribution in [3.8, 4) is 33.9 Å². The topological polar surface area (TPSA) is 51.6 Å². The van der Waals surface area contributed by atoms with Crippen molar-refractivity contribution in [2.45, 2.75) is 46.5 Å². The Hall–Kier alpha value is -5.74. The summed E-state index contributed by atoms with van der Waals surface area (Å²) in [6.07, 6.45) is 17.3. The molecule has 2 aliphatic carbocycles. The zero-order chi connectivity index (χ0) is 34.5. The maximum absolute atomic E-state index is 5.09. The van der Waals surface area contributed by atoms with Crippen molar-refractivity contribution in [1.82, 2.24) is 19.9 Å². The molecule has 2 aliphatic rings. The number of hydrogen-bond acceptors (Lipinski definition) is 4. The summed E-state index contributed by atoms with van der Waals surface area (Å²) < 4.78 is 0. The highest BCUT2D eigenvalue weighted by Crippen LogP contribution is 2.47. The first kappa shape index (κ1) is 32.8. The van der Waals surface area contributed by atoms with Gasteiger partial charge < -0.3 is 0 Å². The number of fused-ring (bicyclic) bond motifs is 4. The summed E-state index contributed by atoms with van der Waals surface area (Å²) in [6, 6.07) is 36.2. The molecular formula is C46H42N4. The minimum absolute atomic E-state index is 0.240. The summed E-state index contributed by atoms with van der Waals surface area (Å²) >= 11 is 0. The Morgan fingerprint density at radius 3 is 2.32 bits per heavy atom. The van der Waals surface area contributed by atoms with Crippen molar-refractivity contribution in [3.05, 3.63) is 168 Å². The standard InChI is InChI=1S/C44H36N4.C2H6/c1-3-4-6-12-29(2)42-46-43(32-13-7-5-8-14-32)48-44(47-42)38-17-9-15-35-27-34-25-24-33(28-39(34)41(35)38)30-20-22-31(23-21-30)36-16-10-19-40-37(36)18-11-26-45-40;1-2/h4-26,28,34,39H,3,27H2,1-2H3;1-2H3/b6-4-,29-12+;. The lowest BCUT2D eigenvalue weighted by molar-refractivity contribution is 0.632. The van der Waals surface area contributed by atoms with Crippen molar-refractivity contribution in [2.24, 2.45) is 5.92 Å². The van der Waals surface area contributed by atoms with Crippen LogP contribution in [0.5, 0.6) is 0 Å². The molecule has 50 heavy (non-hydrogen) atoms. The first-order chi connectivity index (χ1) is 24.7. The predicted octanol–water partition coefficient (Wildman–Crippen LogP) is 11.7. The first-order valence-electron chi connectivity index (χ1n) is 17.8. The van der Waals surface area contributed by atoms with Gasteiger partial charge in [-0.05, 0) is 76.8 Å². The van der Waals surface area contributed by atoms with Crippen LogP contribution in [0.3, 0.4) is 0 Å². The number of allylic oxidation sites excluding steroid dienone is 8. The minimum atomic E-state index is 0.240. The van der Waals surface area contributed by atoms with Gasteiger partial charge in [0.1, 0.15) is 0 Å². The molecule has 2 atom stereocenters. The molecule has 0 N–H and O–H groups in total. The van der Waals surface area contributed by atoms with E-state index in [4.69, 9.17) is 15.0 Å². The second-order valence-electron chi connectivity index (χ2n) is 12.6. The van der Waals surface area contributed by atoms with E-state index in [9.17, 15) is 0 Å². The SMILES string of the molecule is CC.CC/C=C\C=C(/C)c1nc(-c2ccccc2)nc(-c2cccc3c2C2C=C(c4ccc(-c5cccc6ncccc56)cc4)C=CC2C3)n1. The van der Waals surface area contributed by atoms with Crippen LogP contribution in [0.4, 0.5) is 0 Å². The molecule has 4 aromatic carbocycles. The number of benzene rings is 4. The molecular weight excluding hydrogens is 609 g/mol. The van der Waals surface area contributed by atoms with Crippen LogP contribution in [0, 0.1) is 5.92 Å². The third kappa shape index (κ3) is 6.49.